The van der Waals surface area contributed by atoms with Gasteiger partial charge in [0.25, 0.3) is 0 Å². The molecule has 0 aromatic carbocycles. The van der Waals surface area contributed by atoms with E-state index in [4.69, 9.17) is 0 Å². The largest absolute Gasteiger partial charge is 0.378 e. The molecule has 0 aromatic rings. The van der Waals surface area contributed by atoms with E-state index in [-0.39, 0.29) is 5.78 Å². The summed E-state index contributed by atoms with van der Waals surface area (Å²) in [5, 5.41) is 10.1. The van der Waals surface area contributed by atoms with E-state index in [2.05, 4.69) is 0 Å². The summed E-state index contributed by atoms with van der Waals surface area (Å²) in [6.07, 6.45) is 0.482. The lowest BCUT2D eigenvalue weighted by Crippen LogP contribution is -2.40. The predicted octanol–water partition coefficient (Wildman–Crippen LogP) is 1.78. The minimum Gasteiger partial charge on any atom is -0.378 e. The Balaban J connectivity index is 3.11. The molecule has 1 aliphatic rings. The van der Waals surface area contributed by atoms with Crippen LogP contribution in [0.2, 0.25) is 0 Å². The maximum Gasteiger partial charge on any atom is 0.178 e. The Hall–Kier alpha value is -0.280. The number of carbonyl (C=O) groups is 1. The molecular weight excluding hydrogens is 184 g/mol. The molecule has 0 bridgehead atoms. The monoisotopic (exact) mass is 200 g/mol. The third-order valence-corrected chi connectivity index (χ3v) is 3.89. The first-order chi connectivity index (χ1) is 6.02. The summed E-state index contributed by atoms with van der Waals surface area (Å²) >= 11 is 1.59. The number of thioether (sulfide) groups is 1. The smallest absolute Gasteiger partial charge is 0.178 e. The van der Waals surface area contributed by atoms with Gasteiger partial charge in [-0.05, 0) is 25.8 Å². The zero-order valence-corrected chi connectivity index (χ0v) is 9.20. The SMILES string of the molecule is CC[C@]1(O)C(=O)CSCC(C)=C1C. The lowest BCUT2D eigenvalue weighted by molar-refractivity contribution is -0.131. The predicted molar refractivity (Wildman–Crippen MR) is 55.9 cm³/mol. The van der Waals surface area contributed by atoms with Crippen LogP contribution < -0.4 is 0 Å². The molecule has 1 aliphatic heterocycles. The van der Waals surface area contributed by atoms with Gasteiger partial charge in [-0.3, -0.25) is 4.79 Å². The average molecular weight is 200 g/mol. The van der Waals surface area contributed by atoms with Crippen molar-refractivity contribution in [1.29, 1.82) is 0 Å². The molecule has 0 saturated heterocycles. The summed E-state index contributed by atoms with van der Waals surface area (Å²) in [6, 6.07) is 0. The fourth-order valence-corrected chi connectivity index (χ4v) is 2.60. The molecule has 3 heteroatoms. The van der Waals surface area contributed by atoms with Crippen LogP contribution in [-0.2, 0) is 4.79 Å². The zero-order chi connectivity index (χ0) is 10.1. The fraction of sp³-hybridized carbons (Fsp3) is 0.700. The van der Waals surface area contributed by atoms with Crippen molar-refractivity contribution in [2.45, 2.75) is 32.8 Å². The van der Waals surface area contributed by atoms with E-state index in [1.165, 1.54) is 0 Å². The van der Waals surface area contributed by atoms with Crippen LogP contribution in [0.5, 0.6) is 0 Å². The minimum absolute atomic E-state index is 0.0469. The van der Waals surface area contributed by atoms with Crippen LogP contribution in [0.3, 0.4) is 0 Å². The van der Waals surface area contributed by atoms with Gasteiger partial charge in [0.15, 0.2) is 5.78 Å². The lowest BCUT2D eigenvalue weighted by atomic mass is 9.86. The molecule has 1 N–H and O–H groups in total. The van der Waals surface area contributed by atoms with Crippen LogP contribution in [0.15, 0.2) is 11.1 Å². The van der Waals surface area contributed by atoms with E-state index >= 15 is 0 Å². The summed E-state index contributed by atoms with van der Waals surface area (Å²) in [5.74, 6) is 1.24. The number of hydrogen-bond acceptors (Lipinski definition) is 3. The molecule has 0 aromatic heterocycles. The quantitative estimate of drug-likeness (QED) is 0.656. The number of hydrogen-bond donors (Lipinski definition) is 1. The molecule has 0 aliphatic carbocycles. The lowest BCUT2D eigenvalue weighted by Gasteiger charge is -2.25. The van der Waals surface area contributed by atoms with Crippen LogP contribution in [0.1, 0.15) is 27.2 Å². The Morgan fingerprint density at radius 1 is 1.46 bits per heavy atom. The first-order valence-electron chi connectivity index (χ1n) is 4.52. The van der Waals surface area contributed by atoms with E-state index in [1.807, 2.05) is 20.8 Å². The highest BCUT2D eigenvalue weighted by molar-refractivity contribution is 8.00. The first kappa shape index (κ1) is 10.8. The molecule has 0 saturated carbocycles. The molecule has 1 heterocycles. The van der Waals surface area contributed by atoms with Gasteiger partial charge >= 0.3 is 0 Å². The maximum atomic E-state index is 11.6. The molecule has 0 radical (unpaired) electrons. The number of rotatable bonds is 1. The van der Waals surface area contributed by atoms with Gasteiger partial charge < -0.3 is 5.11 Å². The Labute approximate surface area is 83.4 Å². The van der Waals surface area contributed by atoms with Crippen molar-refractivity contribution in [1.82, 2.24) is 0 Å². The highest BCUT2D eigenvalue weighted by atomic mass is 32.2. The normalized spacial score (nSPS) is 30.6. The number of aliphatic hydroxyl groups is 1. The van der Waals surface area contributed by atoms with Crippen molar-refractivity contribution in [2.75, 3.05) is 11.5 Å². The average Bonchev–Trinajstić information content (AvgIpc) is 2.21. The van der Waals surface area contributed by atoms with E-state index < -0.39 is 5.60 Å². The minimum atomic E-state index is -1.19. The number of ketones is 1. The number of carbonyl (C=O) groups excluding carboxylic acids is 1. The van der Waals surface area contributed by atoms with E-state index in [0.29, 0.717) is 12.2 Å². The van der Waals surface area contributed by atoms with E-state index in [0.717, 1.165) is 16.9 Å². The second kappa shape index (κ2) is 3.84. The first-order valence-corrected chi connectivity index (χ1v) is 5.68. The number of Topliss-reactive ketones (excluding diaryl/α,β-unsaturated/α-hetero) is 1. The van der Waals surface area contributed by atoms with Crippen LogP contribution in [0, 0.1) is 0 Å². The molecule has 0 amide bonds. The van der Waals surface area contributed by atoms with Crippen LogP contribution in [-0.4, -0.2) is 28.0 Å². The Kier molecular flexibility index (Phi) is 3.19. The van der Waals surface area contributed by atoms with Gasteiger partial charge in [0.1, 0.15) is 5.60 Å². The second-order valence-electron chi connectivity index (χ2n) is 3.54. The van der Waals surface area contributed by atoms with Gasteiger partial charge in [-0.25, -0.2) is 0 Å². The summed E-state index contributed by atoms with van der Waals surface area (Å²) in [6.45, 7) is 5.70. The summed E-state index contributed by atoms with van der Waals surface area (Å²) in [4.78, 5) is 11.6. The van der Waals surface area contributed by atoms with Gasteiger partial charge in [-0.2, -0.15) is 0 Å². The van der Waals surface area contributed by atoms with Crippen molar-refractivity contribution >= 4 is 17.5 Å². The standard InChI is InChI=1S/C10H16O2S/c1-4-10(12)8(3)7(2)5-13-6-9(10)11/h12H,4-6H2,1-3H3/t10-/m1/s1. The topological polar surface area (TPSA) is 37.3 Å². The van der Waals surface area contributed by atoms with Gasteiger partial charge in [0.05, 0.1) is 5.75 Å². The maximum absolute atomic E-state index is 11.6. The van der Waals surface area contributed by atoms with Crippen molar-refractivity contribution in [3.05, 3.63) is 11.1 Å². The van der Waals surface area contributed by atoms with Gasteiger partial charge in [-0.15, -0.1) is 11.8 Å². The van der Waals surface area contributed by atoms with Crippen LogP contribution in [0.4, 0.5) is 0 Å². The van der Waals surface area contributed by atoms with Crippen LogP contribution >= 0.6 is 11.8 Å². The Morgan fingerprint density at radius 3 is 2.62 bits per heavy atom. The van der Waals surface area contributed by atoms with Crippen molar-refractivity contribution in [2.24, 2.45) is 0 Å². The van der Waals surface area contributed by atoms with Crippen molar-refractivity contribution in [3.8, 4) is 0 Å². The van der Waals surface area contributed by atoms with Crippen molar-refractivity contribution < 1.29 is 9.90 Å². The Bertz CT molecular complexity index is 258. The van der Waals surface area contributed by atoms with E-state index in [1.54, 1.807) is 11.8 Å². The molecule has 2 nitrogen and oxygen atoms in total. The van der Waals surface area contributed by atoms with E-state index in [9.17, 15) is 9.90 Å². The molecule has 74 valence electrons. The molecule has 0 unspecified atom stereocenters. The van der Waals surface area contributed by atoms with Crippen LogP contribution in [0.25, 0.3) is 0 Å². The second-order valence-corrected chi connectivity index (χ2v) is 4.52. The highest BCUT2D eigenvalue weighted by Crippen LogP contribution is 2.30. The van der Waals surface area contributed by atoms with Gasteiger partial charge in [0.2, 0.25) is 0 Å². The molecule has 0 fully saturated rings. The molecule has 13 heavy (non-hydrogen) atoms. The zero-order valence-electron chi connectivity index (χ0n) is 8.39. The Morgan fingerprint density at radius 2 is 2.08 bits per heavy atom. The fourth-order valence-electron chi connectivity index (χ4n) is 1.55. The third kappa shape index (κ3) is 1.81. The molecule has 0 spiro atoms. The van der Waals surface area contributed by atoms with Gasteiger partial charge in [0, 0.05) is 5.75 Å². The molecule has 1 atom stereocenters. The van der Waals surface area contributed by atoms with Gasteiger partial charge in [-0.1, -0.05) is 12.5 Å². The molecular formula is C10H16O2S. The van der Waals surface area contributed by atoms with Crippen molar-refractivity contribution in [3.63, 3.8) is 0 Å². The molecule has 1 rings (SSSR count). The summed E-state index contributed by atoms with van der Waals surface area (Å²) in [5.41, 5.74) is 0.804. The highest BCUT2D eigenvalue weighted by Gasteiger charge is 2.37. The summed E-state index contributed by atoms with van der Waals surface area (Å²) < 4.78 is 0. The summed E-state index contributed by atoms with van der Waals surface area (Å²) in [7, 11) is 0. The third-order valence-electron chi connectivity index (χ3n) is 2.79.